The fraction of sp³-hybridized carbons (Fsp3) is 0.600. The zero-order valence-corrected chi connectivity index (χ0v) is 14.6. The Morgan fingerprint density at radius 2 is 1.84 bits per heavy atom. The minimum atomic E-state index is -0.00483. The smallest absolute Gasteiger partial charge is 0.0574 e. The topological polar surface area (TPSA) is 12.0 Å². The molecule has 108 valence electrons. The van der Waals surface area contributed by atoms with Crippen LogP contribution in [-0.2, 0) is 0 Å². The lowest BCUT2D eigenvalue weighted by Gasteiger charge is -2.34. The Kier molecular flexibility index (Phi) is 7.09. The average molecular weight is 318 g/mol. The number of hydrogen-bond donors (Lipinski definition) is 2. The van der Waals surface area contributed by atoms with Gasteiger partial charge < -0.3 is 5.32 Å². The molecular weight excluding hydrogens is 294 g/mol. The quantitative estimate of drug-likeness (QED) is 0.517. The second-order valence-corrected chi connectivity index (χ2v) is 7.62. The number of hydrogen-bond acceptors (Lipinski definition) is 3. The number of nitrogens with one attached hydrogen (secondary N) is 1. The van der Waals surface area contributed by atoms with Crippen LogP contribution in [0.4, 0.5) is 0 Å². The minimum absolute atomic E-state index is 0.00483. The molecule has 1 unspecified atom stereocenters. The maximum Gasteiger partial charge on any atom is 0.0574 e. The Morgan fingerprint density at radius 3 is 2.32 bits per heavy atom. The van der Waals surface area contributed by atoms with E-state index < -0.39 is 0 Å². The van der Waals surface area contributed by atoms with Gasteiger partial charge in [-0.25, -0.2) is 0 Å². The van der Waals surface area contributed by atoms with Gasteiger partial charge in [-0.1, -0.05) is 48.4 Å². The van der Waals surface area contributed by atoms with E-state index in [0.717, 1.165) is 17.5 Å². The van der Waals surface area contributed by atoms with Crippen LogP contribution >= 0.6 is 34.1 Å². The van der Waals surface area contributed by atoms with Crippen molar-refractivity contribution in [3.8, 4) is 0 Å². The van der Waals surface area contributed by atoms with Crippen molar-refractivity contribution in [2.75, 3.05) is 6.54 Å². The predicted molar refractivity (Wildman–Crippen MR) is 92.3 cm³/mol. The molecule has 1 rings (SSSR count). The van der Waals surface area contributed by atoms with Gasteiger partial charge in [0.15, 0.2) is 0 Å². The van der Waals surface area contributed by atoms with Crippen molar-refractivity contribution in [3.63, 3.8) is 0 Å². The molecule has 0 amide bonds. The van der Waals surface area contributed by atoms with Gasteiger partial charge in [0.1, 0.15) is 0 Å². The third kappa shape index (κ3) is 5.58. The van der Waals surface area contributed by atoms with Gasteiger partial charge in [-0.3, -0.25) is 0 Å². The first-order valence-electron chi connectivity index (χ1n) is 6.67. The van der Waals surface area contributed by atoms with Crippen molar-refractivity contribution >= 4 is 34.1 Å². The fourth-order valence-electron chi connectivity index (χ4n) is 2.02. The summed E-state index contributed by atoms with van der Waals surface area (Å²) in [6, 6.07) is 8.06. The molecule has 1 N–H and O–H groups in total. The molecule has 19 heavy (non-hydrogen) atoms. The fourth-order valence-corrected chi connectivity index (χ4v) is 3.93. The maximum absolute atomic E-state index is 5.95. The second-order valence-electron chi connectivity index (χ2n) is 5.87. The van der Waals surface area contributed by atoms with E-state index in [2.05, 4.69) is 56.8 Å². The first-order chi connectivity index (χ1) is 8.86. The van der Waals surface area contributed by atoms with Crippen molar-refractivity contribution in [3.05, 3.63) is 34.9 Å². The van der Waals surface area contributed by atoms with Crippen molar-refractivity contribution < 1.29 is 0 Å². The van der Waals surface area contributed by atoms with Gasteiger partial charge in [0.2, 0.25) is 0 Å². The zero-order chi connectivity index (χ0) is 14.5. The maximum atomic E-state index is 5.95. The van der Waals surface area contributed by atoms with Crippen molar-refractivity contribution in [2.45, 2.75) is 44.9 Å². The summed E-state index contributed by atoms with van der Waals surface area (Å²) in [7, 11) is 1.58. The molecule has 0 saturated heterocycles. The standard InChI is InChI=1S/C15H24ClNS2/c1-11(2)9-10-17-15(3,4)14(19-18)12-5-7-13(16)8-6-12/h5-8,11,14,17-18H,9-10H2,1-4H3. The summed E-state index contributed by atoms with van der Waals surface area (Å²) in [5.74, 6) is 0.723. The van der Waals surface area contributed by atoms with E-state index in [1.807, 2.05) is 12.1 Å². The van der Waals surface area contributed by atoms with Crippen LogP contribution in [0.2, 0.25) is 5.02 Å². The number of thiol groups is 1. The predicted octanol–water partition coefficient (Wildman–Crippen LogP) is 5.37. The van der Waals surface area contributed by atoms with Crippen LogP contribution in [0.5, 0.6) is 0 Å². The monoisotopic (exact) mass is 317 g/mol. The average Bonchev–Trinajstić information content (AvgIpc) is 2.31. The summed E-state index contributed by atoms with van der Waals surface area (Å²) >= 11 is 10.4. The lowest BCUT2D eigenvalue weighted by atomic mass is 9.93. The molecular formula is C15H24ClNS2. The largest absolute Gasteiger partial charge is 0.310 e. The molecule has 1 aromatic rings. The van der Waals surface area contributed by atoms with Crippen LogP contribution < -0.4 is 5.32 Å². The summed E-state index contributed by atoms with van der Waals surface area (Å²) in [6.45, 7) is 9.99. The summed E-state index contributed by atoms with van der Waals surface area (Å²) in [6.07, 6.45) is 1.19. The van der Waals surface area contributed by atoms with E-state index >= 15 is 0 Å². The van der Waals surface area contributed by atoms with E-state index in [4.69, 9.17) is 11.6 Å². The lowest BCUT2D eigenvalue weighted by Crippen LogP contribution is -2.44. The Hall–Kier alpha value is 0.170. The number of benzene rings is 1. The summed E-state index contributed by atoms with van der Waals surface area (Å²) < 4.78 is 0. The third-order valence-corrected chi connectivity index (χ3v) is 5.19. The molecule has 0 aliphatic rings. The van der Waals surface area contributed by atoms with E-state index in [0.29, 0.717) is 5.25 Å². The number of halogens is 1. The van der Waals surface area contributed by atoms with Gasteiger partial charge in [0.25, 0.3) is 0 Å². The van der Waals surface area contributed by atoms with Crippen LogP contribution in [0, 0.1) is 5.92 Å². The highest BCUT2D eigenvalue weighted by Gasteiger charge is 2.30. The Labute approximate surface area is 131 Å². The van der Waals surface area contributed by atoms with Crippen LogP contribution in [0.15, 0.2) is 24.3 Å². The van der Waals surface area contributed by atoms with Crippen molar-refractivity contribution in [1.82, 2.24) is 5.32 Å². The summed E-state index contributed by atoms with van der Waals surface area (Å²) in [5.41, 5.74) is 1.25. The van der Waals surface area contributed by atoms with Crippen molar-refractivity contribution in [2.24, 2.45) is 5.92 Å². The van der Waals surface area contributed by atoms with Crippen LogP contribution in [0.3, 0.4) is 0 Å². The van der Waals surface area contributed by atoms with E-state index in [1.165, 1.54) is 12.0 Å². The Balaban J connectivity index is 2.74. The SMILES string of the molecule is CC(C)CCNC(C)(C)C(SS)c1ccc(Cl)cc1. The van der Waals surface area contributed by atoms with Gasteiger partial charge in [-0.15, -0.1) is 11.7 Å². The van der Waals surface area contributed by atoms with Gasteiger partial charge in [-0.05, 0) is 50.4 Å². The highest BCUT2D eigenvalue weighted by atomic mass is 35.5. The molecule has 0 aliphatic heterocycles. The molecule has 0 bridgehead atoms. The molecule has 0 saturated carbocycles. The Morgan fingerprint density at radius 1 is 1.26 bits per heavy atom. The molecule has 0 fully saturated rings. The zero-order valence-electron chi connectivity index (χ0n) is 12.1. The van der Waals surface area contributed by atoms with Gasteiger partial charge >= 0.3 is 0 Å². The minimum Gasteiger partial charge on any atom is -0.310 e. The normalized spacial score (nSPS) is 13.8. The molecule has 1 aromatic carbocycles. The van der Waals surface area contributed by atoms with E-state index in [1.54, 1.807) is 10.8 Å². The van der Waals surface area contributed by atoms with Crippen molar-refractivity contribution in [1.29, 1.82) is 0 Å². The van der Waals surface area contributed by atoms with Crippen LogP contribution in [-0.4, -0.2) is 12.1 Å². The van der Waals surface area contributed by atoms with Crippen LogP contribution in [0.25, 0.3) is 0 Å². The number of rotatable bonds is 7. The third-order valence-electron chi connectivity index (χ3n) is 3.24. The molecule has 1 nitrogen and oxygen atoms in total. The van der Waals surface area contributed by atoms with E-state index in [-0.39, 0.29) is 5.54 Å². The highest BCUT2D eigenvalue weighted by molar-refractivity contribution is 8.68. The lowest BCUT2D eigenvalue weighted by molar-refractivity contribution is 0.365. The second kappa shape index (κ2) is 7.82. The molecule has 1 atom stereocenters. The van der Waals surface area contributed by atoms with Gasteiger partial charge in [-0.2, -0.15) is 0 Å². The van der Waals surface area contributed by atoms with Gasteiger partial charge in [0.05, 0.1) is 5.25 Å². The molecule has 0 spiro atoms. The van der Waals surface area contributed by atoms with Crippen LogP contribution in [0.1, 0.15) is 44.9 Å². The molecule has 4 heteroatoms. The summed E-state index contributed by atoms with van der Waals surface area (Å²) in [5, 5.41) is 4.72. The van der Waals surface area contributed by atoms with Gasteiger partial charge in [0, 0.05) is 10.6 Å². The first-order valence-corrected chi connectivity index (χ1v) is 8.98. The first kappa shape index (κ1) is 17.2. The van der Waals surface area contributed by atoms with E-state index in [9.17, 15) is 0 Å². The molecule has 0 radical (unpaired) electrons. The highest BCUT2D eigenvalue weighted by Crippen LogP contribution is 2.40. The Bertz CT molecular complexity index is 376. The molecule has 0 aromatic heterocycles. The summed E-state index contributed by atoms with van der Waals surface area (Å²) in [4.78, 5) is 0. The molecule has 0 aliphatic carbocycles. The molecule has 0 heterocycles.